The number of likely N-dealkylation sites (tertiary alicyclic amines) is 1. The van der Waals surface area contributed by atoms with E-state index in [9.17, 15) is 9.59 Å². The highest BCUT2D eigenvalue weighted by atomic mass is 35.5. The van der Waals surface area contributed by atoms with Crippen LogP contribution in [0.15, 0.2) is 30.5 Å². The number of hydrogen-bond donors (Lipinski definition) is 0. The SMILES string of the molecule is CN1CCC(c2cc3ccccn3c2C(=O)C(=O)Cl)CC1. The largest absolute Gasteiger partial charge is 0.313 e. The van der Waals surface area contributed by atoms with Crippen LogP contribution >= 0.6 is 11.6 Å². The number of piperidine rings is 1. The molecule has 3 rings (SSSR count). The second-order valence-corrected chi connectivity index (χ2v) is 5.97. The van der Waals surface area contributed by atoms with Crippen LogP contribution in [0.5, 0.6) is 0 Å². The number of carbonyl (C=O) groups is 2. The number of Topliss-reactive ketones (excluding diaryl/α,β-unsaturated/α-hetero) is 1. The van der Waals surface area contributed by atoms with Gasteiger partial charge in [0.15, 0.2) is 0 Å². The molecule has 0 saturated carbocycles. The molecule has 1 aliphatic heterocycles. The van der Waals surface area contributed by atoms with E-state index >= 15 is 0 Å². The summed E-state index contributed by atoms with van der Waals surface area (Å²) in [6.45, 7) is 2.00. The van der Waals surface area contributed by atoms with Gasteiger partial charge in [-0.3, -0.25) is 9.59 Å². The van der Waals surface area contributed by atoms with E-state index in [0.29, 0.717) is 11.6 Å². The van der Waals surface area contributed by atoms with E-state index < -0.39 is 11.0 Å². The van der Waals surface area contributed by atoms with E-state index in [1.165, 1.54) is 0 Å². The van der Waals surface area contributed by atoms with Gasteiger partial charge in [-0.05, 0) is 74.3 Å². The summed E-state index contributed by atoms with van der Waals surface area (Å²) in [5.74, 6) is -0.312. The molecule has 0 unspecified atom stereocenters. The van der Waals surface area contributed by atoms with Gasteiger partial charge in [0, 0.05) is 11.7 Å². The molecule has 2 aromatic rings. The normalized spacial score (nSPS) is 17.2. The van der Waals surface area contributed by atoms with Gasteiger partial charge in [-0.2, -0.15) is 0 Å². The van der Waals surface area contributed by atoms with Gasteiger partial charge in [0.2, 0.25) is 0 Å². The zero-order chi connectivity index (χ0) is 15.0. The van der Waals surface area contributed by atoms with E-state index in [4.69, 9.17) is 11.6 Å². The Morgan fingerprint density at radius 1 is 1.24 bits per heavy atom. The Morgan fingerprint density at radius 2 is 1.95 bits per heavy atom. The van der Waals surface area contributed by atoms with Gasteiger partial charge in [0.1, 0.15) is 5.69 Å². The summed E-state index contributed by atoms with van der Waals surface area (Å²) in [6.07, 6.45) is 3.79. The van der Waals surface area contributed by atoms with Crippen LogP contribution < -0.4 is 0 Å². The second kappa shape index (κ2) is 5.62. The fourth-order valence-corrected chi connectivity index (χ4v) is 3.20. The molecule has 0 spiro atoms. The Kier molecular flexibility index (Phi) is 3.83. The van der Waals surface area contributed by atoms with Crippen LogP contribution in [0.4, 0.5) is 0 Å². The van der Waals surface area contributed by atoms with Crippen LogP contribution in [0.25, 0.3) is 5.52 Å². The minimum absolute atomic E-state index is 0.302. The first kappa shape index (κ1) is 14.3. The second-order valence-electron chi connectivity index (χ2n) is 5.62. The molecule has 0 aliphatic carbocycles. The van der Waals surface area contributed by atoms with Crippen molar-refractivity contribution in [1.29, 1.82) is 0 Å². The maximum atomic E-state index is 12.2. The maximum Gasteiger partial charge on any atom is 0.294 e. The molecule has 0 N–H and O–H groups in total. The first-order valence-electron chi connectivity index (χ1n) is 7.10. The lowest BCUT2D eigenvalue weighted by Crippen LogP contribution is -2.30. The summed E-state index contributed by atoms with van der Waals surface area (Å²) in [4.78, 5) is 25.9. The van der Waals surface area contributed by atoms with Crippen LogP contribution in [-0.4, -0.2) is 40.5 Å². The van der Waals surface area contributed by atoms with Crippen molar-refractivity contribution in [1.82, 2.24) is 9.30 Å². The summed E-state index contributed by atoms with van der Waals surface area (Å²) in [5, 5.41) is -0.923. The first-order chi connectivity index (χ1) is 10.1. The molecule has 110 valence electrons. The van der Waals surface area contributed by atoms with Gasteiger partial charge in [-0.1, -0.05) is 6.07 Å². The van der Waals surface area contributed by atoms with Crippen molar-refractivity contribution in [3.8, 4) is 0 Å². The highest BCUT2D eigenvalue weighted by Gasteiger charge is 2.28. The molecule has 2 aromatic heterocycles. The molecule has 5 heteroatoms. The Labute approximate surface area is 128 Å². The molecule has 0 radical (unpaired) electrons. The topological polar surface area (TPSA) is 41.8 Å². The van der Waals surface area contributed by atoms with Crippen molar-refractivity contribution >= 4 is 28.1 Å². The van der Waals surface area contributed by atoms with E-state index in [1.54, 1.807) is 10.6 Å². The van der Waals surface area contributed by atoms with Crippen molar-refractivity contribution in [2.45, 2.75) is 18.8 Å². The van der Waals surface area contributed by atoms with Gasteiger partial charge in [-0.25, -0.2) is 0 Å². The number of nitrogens with zero attached hydrogens (tertiary/aromatic N) is 2. The lowest BCUT2D eigenvalue weighted by Gasteiger charge is -2.29. The molecule has 3 heterocycles. The average Bonchev–Trinajstić information content (AvgIpc) is 2.86. The summed E-state index contributed by atoms with van der Waals surface area (Å²) >= 11 is 5.44. The summed E-state index contributed by atoms with van der Waals surface area (Å²) in [7, 11) is 2.10. The van der Waals surface area contributed by atoms with Gasteiger partial charge < -0.3 is 9.30 Å². The molecular weight excluding hydrogens is 288 g/mol. The van der Waals surface area contributed by atoms with E-state index in [-0.39, 0.29) is 0 Å². The highest BCUT2D eigenvalue weighted by molar-refractivity contribution is 6.83. The minimum Gasteiger partial charge on any atom is -0.313 e. The van der Waals surface area contributed by atoms with Crippen LogP contribution in [0.3, 0.4) is 0 Å². The number of rotatable bonds is 3. The Balaban J connectivity index is 2.10. The number of pyridine rings is 1. The first-order valence-corrected chi connectivity index (χ1v) is 7.48. The lowest BCUT2D eigenvalue weighted by atomic mass is 9.89. The van der Waals surface area contributed by atoms with Crippen LogP contribution in [0, 0.1) is 0 Å². The predicted molar refractivity (Wildman–Crippen MR) is 82.1 cm³/mol. The van der Waals surface area contributed by atoms with E-state index in [2.05, 4.69) is 11.9 Å². The standard InChI is InChI=1S/C16H17ClN2O2/c1-18-8-5-11(6-9-18)13-10-12-4-2-3-7-19(12)14(13)15(20)16(17)21/h2-4,7,10-11H,5-6,8-9H2,1H3. The molecule has 0 aromatic carbocycles. The number of halogens is 1. The predicted octanol–water partition coefficient (Wildman–Crippen LogP) is 2.70. The lowest BCUT2D eigenvalue weighted by molar-refractivity contribution is -0.108. The molecule has 0 amide bonds. The van der Waals surface area contributed by atoms with Crippen molar-refractivity contribution < 1.29 is 9.59 Å². The van der Waals surface area contributed by atoms with Crippen molar-refractivity contribution in [2.75, 3.05) is 20.1 Å². The zero-order valence-corrected chi connectivity index (χ0v) is 12.6. The molecule has 1 saturated heterocycles. The molecule has 1 aliphatic rings. The summed E-state index contributed by atoms with van der Waals surface area (Å²) < 4.78 is 1.77. The third kappa shape index (κ3) is 2.61. The van der Waals surface area contributed by atoms with Gasteiger partial charge >= 0.3 is 0 Å². The van der Waals surface area contributed by atoms with E-state index in [1.807, 2.05) is 24.3 Å². The Bertz CT molecular complexity index is 699. The molecular formula is C16H17ClN2O2. The van der Waals surface area contributed by atoms with Crippen LogP contribution in [-0.2, 0) is 4.79 Å². The molecule has 0 atom stereocenters. The number of aromatic nitrogens is 1. The van der Waals surface area contributed by atoms with Gasteiger partial charge in [-0.15, -0.1) is 0 Å². The molecule has 4 nitrogen and oxygen atoms in total. The van der Waals surface area contributed by atoms with Crippen molar-refractivity contribution in [3.05, 3.63) is 41.7 Å². The Morgan fingerprint density at radius 3 is 2.62 bits per heavy atom. The minimum atomic E-state index is -0.923. The molecule has 1 fully saturated rings. The fourth-order valence-electron chi connectivity index (χ4n) is 3.11. The maximum absolute atomic E-state index is 12.2. The number of hydrogen-bond acceptors (Lipinski definition) is 3. The van der Waals surface area contributed by atoms with Crippen molar-refractivity contribution in [3.63, 3.8) is 0 Å². The van der Waals surface area contributed by atoms with Gasteiger partial charge in [0.05, 0.1) is 0 Å². The van der Waals surface area contributed by atoms with Crippen LogP contribution in [0.1, 0.15) is 34.8 Å². The van der Waals surface area contributed by atoms with Crippen molar-refractivity contribution in [2.24, 2.45) is 0 Å². The number of fused-ring (bicyclic) bond motifs is 1. The zero-order valence-electron chi connectivity index (χ0n) is 11.9. The highest BCUT2D eigenvalue weighted by Crippen LogP contribution is 2.32. The third-order valence-corrected chi connectivity index (χ3v) is 4.43. The summed E-state index contributed by atoms with van der Waals surface area (Å²) in [5.41, 5.74) is 2.31. The fraction of sp³-hybridized carbons (Fsp3) is 0.375. The molecule has 21 heavy (non-hydrogen) atoms. The monoisotopic (exact) mass is 304 g/mol. The quantitative estimate of drug-likeness (QED) is 0.497. The third-order valence-electron chi connectivity index (χ3n) is 4.26. The molecule has 0 bridgehead atoms. The number of ketones is 1. The summed E-state index contributed by atoms with van der Waals surface area (Å²) in [6, 6.07) is 7.72. The van der Waals surface area contributed by atoms with Crippen LogP contribution in [0.2, 0.25) is 0 Å². The Hall–Kier alpha value is -1.65. The number of carbonyl (C=O) groups excluding carboxylic acids is 2. The average molecular weight is 305 g/mol. The van der Waals surface area contributed by atoms with E-state index in [0.717, 1.165) is 37.0 Å². The van der Waals surface area contributed by atoms with Gasteiger partial charge in [0.25, 0.3) is 11.0 Å². The smallest absolute Gasteiger partial charge is 0.294 e.